The highest BCUT2D eigenvalue weighted by atomic mass is 16.5. The van der Waals surface area contributed by atoms with Crippen molar-refractivity contribution < 1.29 is 19.4 Å². The lowest BCUT2D eigenvalue weighted by Gasteiger charge is -2.10. The van der Waals surface area contributed by atoms with Gasteiger partial charge in [-0.05, 0) is 12.1 Å². The van der Waals surface area contributed by atoms with E-state index >= 15 is 0 Å². The lowest BCUT2D eigenvalue weighted by atomic mass is 10.2. The number of methoxy groups -OCH3 is 2. The summed E-state index contributed by atoms with van der Waals surface area (Å²) in [6, 6.07) is 5.38. The zero-order valence-electron chi connectivity index (χ0n) is 10.7. The number of aromatic nitrogens is 2. The largest absolute Gasteiger partial charge is 0.497 e. The first-order valence-electron chi connectivity index (χ1n) is 5.61. The van der Waals surface area contributed by atoms with Crippen LogP contribution in [-0.4, -0.2) is 34.8 Å². The lowest BCUT2D eigenvalue weighted by Crippen LogP contribution is -2.00. The van der Waals surface area contributed by atoms with Crippen molar-refractivity contribution >= 4 is 5.97 Å². The molecule has 0 saturated heterocycles. The molecule has 1 aromatic heterocycles. The SMILES string of the molecule is COc1ccc(-n2cnc(CC(=O)O)c2)c(OC)c1. The summed E-state index contributed by atoms with van der Waals surface area (Å²) in [5.41, 5.74) is 1.26. The molecule has 0 spiro atoms. The number of aliphatic carboxylic acids is 1. The Morgan fingerprint density at radius 3 is 2.79 bits per heavy atom. The van der Waals surface area contributed by atoms with E-state index in [1.165, 1.54) is 0 Å². The highest BCUT2D eigenvalue weighted by Crippen LogP contribution is 2.27. The standard InChI is InChI=1S/C13H14N2O4/c1-18-10-3-4-11(12(6-10)19-2)15-7-9(14-8-15)5-13(16)17/h3-4,6-8H,5H2,1-2H3,(H,16,17). The molecule has 0 saturated carbocycles. The van der Waals surface area contributed by atoms with Gasteiger partial charge in [0.15, 0.2) is 0 Å². The molecule has 0 aliphatic heterocycles. The molecule has 2 rings (SSSR count). The van der Waals surface area contributed by atoms with Crippen LogP contribution in [-0.2, 0) is 11.2 Å². The maximum absolute atomic E-state index is 10.6. The van der Waals surface area contributed by atoms with Crippen LogP contribution >= 0.6 is 0 Å². The first-order valence-corrected chi connectivity index (χ1v) is 5.61. The third kappa shape index (κ3) is 2.85. The van der Waals surface area contributed by atoms with E-state index in [-0.39, 0.29) is 6.42 Å². The van der Waals surface area contributed by atoms with Gasteiger partial charge in [0.1, 0.15) is 11.5 Å². The van der Waals surface area contributed by atoms with E-state index in [0.717, 1.165) is 5.69 Å². The third-order valence-electron chi connectivity index (χ3n) is 2.63. The second-order valence-electron chi connectivity index (χ2n) is 3.88. The van der Waals surface area contributed by atoms with Gasteiger partial charge in [-0.2, -0.15) is 0 Å². The maximum atomic E-state index is 10.6. The van der Waals surface area contributed by atoms with E-state index in [1.807, 2.05) is 6.07 Å². The number of rotatable bonds is 5. The second kappa shape index (κ2) is 5.43. The van der Waals surface area contributed by atoms with Crippen LogP contribution in [0.2, 0.25) is 0 Å². The molecule has 0 amide bonds. The molecular formula is C13H14N2O4. The molecule has 6 heteroatoms. The number of carboxylic acids is 1. The minimum absolute atomic E-state index is 0.106. The van der Waals surface area contributed by atoms with E-state index in [2.05, 4.69) is 4.98 Å². The average molecular weight is 262 g/mol. The number of carbonyl (C=O) groups is 1. The molecule has 1 heterocycles. The monoisotopic (exact) mass is 262 g/mol. The number of hydrogen-bond acceptors (Lipinski definition) is 4. The van der Waals surface area contributed by atoms with Gasteiger partial charge in [-0.25, -0.2) is 4.98 Å². The van der Waals surface area contributed by atoms with Gasteiger partial charge in [0.25, 0.3) is 0 Å². The van der Waals surface area contributed by atoms with Gasteiger partial charge in [-0.1, -0.05) is 0 Å². The van der Waals surface area contributed by atoms with Crippen molar-refractivity contribution in [2.24, 2.45) is 0 Å². The van der Waals surface area contributed by atoms with Crippen LogP contribution in [0.5, 0.6) is 11.5 Å². The number of benzene rings is 1. The average Bonchev–Trinajstić information content (AvgIpc) is 2.85. The Labute approximate surface area is 110 Å². The summed E-state index contributed by atoms with van der Waals surface area (Å²) < 4.78 is 12.1. The van der Waals surface area contributed by atoms with Crippen LogP contribution in [0.25, 0.3) is 5.69 Å². The Bertz CT molecular complexity index is 592. The van der Waals surface area contributed by atoms with Crippen LogP contribution in [0.4, 0.5) is 0 Å². The smallest absolute Gasteiger partial charge is 0.309 e. The van der Waals surface area contributed by atoms with E-state index in [4.69, 9.17) is 14.6 Å². The number of hydrogen-bond donors (Lipinski definition) is 1. The second-order valence-corrected chi connectivity index (χ2v) is 3.88. The van der Waals surface area contributed by atoms with E-state index in [1.54, 1.807) is 43.4 Å². The molecule has 0 aliphatic rings. The highest BCUT2D eigenvalue weighted by Gasteiger charge is 2.09. The molecule has 0 fully saturated rings. The normalized spacial score (nSPS) is 10.2. The minimum Gasteiger partial charge on any atom is -0.497 e. The Morgan fingerprint density at radius 2 is 2.16 bits per heavy atom. The zero-order chi connectivity index (χ0) is 13.8. The van der Waals surface area contributed by atoms with Crippen molar-refractivity contribution in [3.8, 4) is 17.2 Å². The third-order valence-corrected chi connectivity index (χ3v) is 2.63. The van der Waals surface area contributed by atoms with Crippen LogP contribution in [0.1, 0.15) is 5.69 Å². The Kier molecular flexibility index (Phi) is 3.70. The number of ether oxygens (including phenoxy) is 2. The Morgan fingerprint density at radius 1 is 1.37 bits per heavy atom. The molecule has 0 aliphatic carbocycles. The van der Waals surface area contributed by atoms with E-state index < -0.39 is 5.97 Å². The van der Waals surface area contributed by atoms with E-state index in [0.29, 0.717) is 17.2 Å². The van der Waals surface area contributed by atoms with Gasteiger partial charge in [0.05, 0.1) is 38.3 Å². The summed E-state index contributed by atoms with van der Waals surface area (Å²) in [6.45, 7) is 0. The van der Waals surface area contributed by atoms with Crippen molar-refractivity contribution in [3.05, 3.63) is 36.4 Å². The molecule has 100 valence electrons. The first kappa shape index (κ1) is 12.9. The zero-order valence-corrected chi connectivity index (χ0v) is 10.7. The fraction of sp³-hybridized carbons (Fsp3) is 0.231. The van der Waals surface area contributed by atoms with Crippen molar-refractivity contribution in [3.63, 3.8) is 0 Å². The minimum atomic E-state index is -0.910. The number of nitrogens with zero attached hydrogens (tertiary/aromatic N) is 2. The summed E-state index contributed by atoms with van der Waals surface area (Å²) in [5.74, 6) is 0.400. The maximum Gasteiger partial charge on any atom is 0.309 e. The van der Waals surface area contributed by atoms with Crippen molar-refractivity contribution in [1.29, 1.82) is 0 Å². The molecule has 6 nitrogen and oxygen atoms in total. The fourth-order valence-electron chi connectivity index (χ4n) is 1.74. The van der Waals surface area contributed by atoms with Gasteiger partial charge in [0, 0.05) is 12.3 Å². The van der Waals surface area contributed by atoms with Crippen LogP contribution < -0.4 is 9.47 Å². The van der Waals surface area contributed by atoms with Crippen molar-refractivity contribution in [1.82, 2.24) is 9.55 Å². The Balaban J connectivity index is 2.35. The molecular weight excluding hydrogens is 248 g/mol. The quantitative estimate of drug-likeness (QED) is 0.884. The molecule has 0 radical (unpaired) electrons. The molecule has 1 aromatic carbocycles. The van der Waals surface area contributed by atoms with Gasteiger partial charge in [-0.3, -0.25) is 4.79 Å². The van der Waals surface area contributed by atoms with Gasteiger partial charge in [0.2, 0.25) is 0 Å². The molecule has 0 unspecified atom stereocenters. The lowest BCUT2D eigenvalue weighted by molar-refractivity contribution is -0.136. The summed E-state index contributed by atoms with van der Waals surface area (Å²) in [4.78, 5) is 14.7. The number of carboxylic acid groups (broad SMARTS) is 1. The van der Waals surface area contributed by atoms with Gasteiger partial charge >= 0.3 is 5.97 Å². The summed E-state index contributed by atoms with van der Waals surface area (Å²) >= 11 is 0. The Hall–Kier alpha value is -2.50. The van der Waals surface area contributed by atoms with Crippen molar-refractivity contribution in [2.45, 2.75) is 6.42 Å². The van der Waals surface area contributed by atoms with Gasteiger partial charge < -0.3 is 19.1 Å². The fourth-order valence-corrected chi connectivity index (χ4v) is 1.74. The van der Waals surface area contributed by atoms with E-state index in [9.17, 15) is 4.79 Å². The molecule has 1 N–H and O–H groups in total. The number of imidazole rings is 1. The van der Waals surface area contributed by atoms with Crippen LogP contribution in [0.15, 0.2) is 30.7 Å². The van der Waals surface area contributed by atoms with Crippen LogP contribution in [0.3, 0.4) is 0 Å². The van der Waals surface area contributed by atoms with Crippen LogP contribution in [0, 0.1) is 0 Å². The molecule has 0 bridgehead atoms. The molecule has 0 atom stereocenters. The predicted molar refractivity (Wildman–Crippen MR) is 68.0 cm³/mol. The first-order chi connectivity index (χ1) is 9.13. The molecule has 2 aromatic rings. The molecule has 19 heavy (non-hydrogen) atoms. The predicted octanol–water partition coefficient (Wildman–Crippen LogP) is 1.52. The van der Waals surface area contributed by atoms with Gasteiger partial charge in [-0.15, -0.1) is 0 Å². The highest BCUT2D eigenvalue weighted by molar-refractivity contribution is 5.69. The summed E-state index contributed by atoms with van der Waals surface area (Å²) in [7, 11) is 3.14. The summed E-state index contributed by atoms with van der Waals surface area (Å²) in [5, 5.41) is 8.73. The van der Waals surface area contributed by atoms with Crippen molar-refractivity contribution in [2.75, 3.05) is 14.2 Å². The topological polar surface area (TPSA) is 73.6 Å². The summed E-state index contributed by atoms with van der Waals surface area (Å²) in [6.07, 6.45) is 3.12.